The van der Waals surface area contributed by atoms with Gasteiger partial charge >= 0.3 is 0 Å². The van der Waals surface area contributed by atoms with Crippen LogP contribution in [-0.2, 0) is 14.4 Å². The summed E-state index contributed by atoms with van der Waals surface area (Å²) in [5.74, 6) is -0.0479. The van der Waals surface area contributed by atoms with Crippen molar-refractivity contribution in [2.75, 3.05) is 19.0 Å². The highest BCUT2D eigenvalue weighted by Crippen LogP contribution is 2.54. The van der Waals surface area contributed by atoms with Crippen LogP contribution in [0.25, 0.3) is 0 Å². The van der Waals surface area contributed by atoms with Crippen LogP contribution in [0.4, 0.5) is 5.69 Å². The van der Waals surface area contributed by atoms with Crippen molar-refractivity contribution in [1.82, 2.24) is 4.90 Å². The summed E-state index contributed by atoms with van der Waals surface area (Å²) in [5, 5.41) is 2.89. The number of benzene rings is 2. The van der Waals surface area contributed by atoms with Crippen LogP contribution in [0.5, 0.6) is 5.75 Å². The molecule has 8 heteroatoms. The Labute approximate surface area is 265 Å². The highest BCUT2D eigenvalue weighted by molar-refractivity contribution is 9.11. The van der Waals surface area contributed by atoms with Crippen LogP contribution >= 0.6 is 31.9 Å². The highest BCUT2D eigenvalue weighted by Gasteiger charge is 2.48. The SMILES string of the molecule is Cc1ccc(NC(=O)COc2c(Br)cc(C3C4=C(CC(C)(C)CC4=O)N(C)C4=C3C(=O)CC(C)(C)C4)cc2Br)cc1C. The molecule has 2 aromatic rings. The maximum Gasteiger partial charge on any atom is 0.262 e. The van der Waals surface area contributed by atoms with Gasteiger partial charge in [0.15, 0.2) is 18.2 Å². The zero-order chi connectivity index (χ0) is 30.7. The molecule has 0 saturated carbocycles. The first kappa shape index (κ1) is 30.7. The van der Waals surface area contributed by atoms with Crippen LogP contribution < -0.4 is 10.1 Å². The lowest BCUT2D eigenvalue weighted by Crippen LogP contribution is -2.43. The molecule has 1 amide bonds. The largest absolute Gasteiger partial charge is 0.481 e. The van der Waals surface area contributed by atoms with Crippen molar-refractivity contribution >= 4 is 55.0 Å². The number of anilines is 1. The summed E-state index contributed by atoms with van der Waals surface area (Å²) >= 11 is 7.31. The van der Waals surface area contributed by atoms with Gasteiger partial charge in [-0.2, -0.15) is 0 Å². The lowest BCUT2D eigenvalue weighted by atomic mass is 9.64. The summed E-state index contributed by atoms with van der Waals surface area (Å²) in [6.07, 6.45) is 2.42. The highest BCUT2D eigenvalue weighted by atomic mass is 79.9. The van der Waals surface area contributed by atoms with Gasteiger partial charge in [0.1, 0.15) is 5.75 Å². The minimum atomic E-state index is -0.451. The molecular weight excluding hydrogens is 660 g/mol. The van der Waals surface area contributed by atoms with Crippen molar-refractivity contribution in [1.29, 1.82) is 0 Å². The Kier molecular flexibility index (Phi) is 8.12. The third-order valence-corrected chi connectivity index (χ3v) is 9.85. The first-order valence-electron chi connectivity index (χ1n) is 14.3. The summed E-state index contributed by atoms with van der Waals surface area (Å²) in [7, 11) is 2.01. The first-order valence-corrected chi connectivity index (χ1v) is 15.9. The Hall–Kier alpha value is -2.71. The standard InChI is InChI=1S/C34H38Br2N2O4/c1-18-8-9-21(10-19(18)2)37-28(41)17-42-32-22(35)11-20(12-23(32)36)29-30-24(13-33(3,4)15-26(30)39)38(7)25-14-34(5,6)16-27(40)31(25)29/h8-12,29H,13-17H2,1-7H3,(H,37,41). The fraction of sp³-hybridized carbons (Fsp3) is 0.441. The fourth-order valence-electron chi connectivity index (χ4n) is 6.54. The summed E-state index contributed by atoms with van der Waals surface area (Å²) in [6.45, 7) is 12.4. The Morgan fingerprint density at radius 1 is 0.881 bits per heavy atom. The molecule has 0 spiro atoms. The molecular formula is C34H38Br2N2O4. The number of hydrogen-bond acceptors (Lipinski definition) is 5. The van der Waals surface area contributed by atoms with Crippen molar-refractivity contribution in [3.8, 4) is 5.75 Å². The second-order valence-electron chi connectivity index (χ2n) is 13.5. The maximum atomic E-state index is 13.8. The van der Waals surface area contributed by atoms with E-state index in [0.717, 1.165) is 57.8 Å². The quantitative estimate of drug-likeness (QED) is 0.341. The fourth-order valence-corrected chi connectivity index (χ4v) is 7.99. The number of amides is 1. The summed E-state index contributed by atoms with van der Waals surface area (Å²) in [4.78, 5) is 42.4. The number of hydrogen-bond donors (Lipinski definition) is 1. The second kappa shape index (κ2) is 11.1. The molecule has 2 aliphatic carbocycles. The van der Waals surface area contributed by atoms with Crippen LogP contribution in [0.3, 0.4) is 0 Å². The van der Waals surface area contributed by atoms with E-state index < -0.39 is 5.92 Å². The van der Waals surface area contributed by atoms with E-state index in [2.05, 4.69) is 69.8 Å². The van der Waals surface area contributed by atoms with E-state index in [-0.39, 0.29) is 34.9 Å². The molecule has 0 saturated heterocycles. The minimum Gasteiger partial charge on any atom is -0.481 e. The van der Waals surface area contributed by atoms with Crippen molar-refractivity contribution in [3.63, 3.8) is 0 Å². The van der Waals surface area contributed by atoms with Crippen LogP contribution in [0.2, 0.25) is 0 Å². The number of ether oxygens (including phenoxy) is 1. The van der Waals surface area contributed by atoms with Gasteiger partial charge in [-0.15, -0.1) is 0 Å². The Balaban J connectivity index is 1.49. The van der Waals surface area contributed by atoms with Crippen molar-refractivity contribution in [2.24, 2.45) is 10.8 Å². The van der Waals surface area contributed by atoms with Crippen molar-refractivity contribution in [2.45, 2.75) is 73.1 Å². The number of nitrogens with zero attached hydrogens (tertiary/aromatic N) is 1. The Morgan fingerprint density at radius 3 is 1.90 bits per heavy atom. The molecule has 3 aliphatic rings. The number of allylic oxidation sites excluding steroid dienone is 4. The van der Waals surface area contributed by atoms with Crippen molar-refractivity contribution in [3.05, 3.63) is 78.5 Å². The van der Waals surface area contributed by atoms with Gasteiger partial charge in [0.2, 0.25) is 0 Å². The minimum absolute atomic E-state index is 0.0952. The van der Waals surface area contributed by atoms with E-state index in [1.807, 2.05) is 51.2 Å². The average molecular weight is 698 g/mol. The maximum absolute atomic E-state index is 13.8. The molecule has 1 heterocycles. The van der Waals surface area contributed by atoms with E-state index in [0.29, 0.717) is 27.5 Å². The predicted molar refractivity (Wildman–Crippen MR) is 172 cm³/mol. The molecule has 0 bridgehead atoms. The number of halogens is 2. The lowest BCUT2D eigenvalue weighted by Gasteiger charge is -2.48. The predicted octanol–water partition coefficient (Wildman–Crippen LogP) is 8.16. The van der Waals surface area contributed by atoms with Gasteiger partial charge in [0.25, 0.3) is 5.91 Å². The van der Waals surface area contributed by atoms with Crippen LogP contribution in [0.1, 0.15) is 76.0 Å². The van der Waals surface area contributed by atoms with Crippen molar-refractivity contribution < 1.29 is 19.1 Å². The molecule has 0 aromatic heterocycles. The molecule has 2 aromatic carbocycles. The smallest absolute Gasteiger partial charge is 0.262 e. The third kappa shape index (κ3) is 5.89. The summed E-state index contributed by atoms with van der Waals surface area (Å²) in [5.41, 5.74) is 6.99. The summed E-state index contributed by atoms with van der Waals surface area (Å²) in [6, 6.07) is 9.62. The molecule has 42 heavy (non-hydrogen) atoms. The molecule has 222 valence electrons. The number of carbonyl (C=O) groups is 3. The second-order valence-corrected chi connectivity index (χ2v) is 15.3. The molecule has 0 atom stereocenters. The van der Waals surface area contributed by atoms with Gasteiger partial charge < -0.3 is 15.0 Å². The van der Waals surface area contributed by atoms with E-state index in [1.165, 1.54) is 0 Å². The van der Waals surface area contributed by atoms with Gasteiger partial charge in [-0.25, -0.2) is 0 Å². The number of nitrogens with one attached hydrogen (secondary N) is 1. The zero-order valence-corrected chi connectivity index (χ0v) is 28.5. The molecule has 1 aliphatic heterocycles. The lowest BCUT2D eigenvalue weighted by molar-refractivity contribution is -0.120. The number of carbonyl (C=O) groups excluding carboxylic acids is 3. The Morgan fingerprint density at radius 2 is 1.40 bits per heavy atom. The number of aryl methyl sites for hydroxylation is 2. The number of Topliss-reactive ketones (excluding diaryl/α,β-unsaturated/α-hetero) is 2. The third-order valence-electron chi connectivity index (χ3n) is 8.67. The molecule has 1 N–H and O–H groups in total. The first-order chi connectivity index (χ1) is 19.6. The summed E-state index contributed by atoms with van der Waals surface area (Å²) < 4.78 is 7.23. The molecule has 5 rings (SSSR count). The number of ketones is 2. The van der Waals surface area contributed by atoms with E-state index in [9.17, 15) is 14.4 Å². The molecule has 0 unspecified atom stereocenters. The topological polar surface area (TPSA) is 75.7 Å². The van der Waals surface area contributed by atoms with Crippen LogP contribution in [0.15, 0.2) is 61.8 Å². The average Bonchev–Trinajstić information content (AvgIpc) is 2.85. The monoisotopic (exact) mass is 696 g/mol. The molecule has 0 radical (unpaired) electrons. The van der Waals surface area contributed by atoms with Gasteiger partial charge in [-0.3, -0.25) is 14.4 Å². The van der Waals surface area contributed by atoms with Gasteiger partial charge in [-0.1, -0.05) is 33.8 Å². The molecule has 6 nitrogen and oxygen atoms in total. The van der Waals surface area contributed by atoms with E-state index in [4.69, 9.17) is 4.74 Å². The van der Waals surface area contributed by atoms with Gasteiger partial charge in [0, 0.05) is 54.0 Å². The zero-order valence-electron chi connectivity index (χ0n) is 25.3. The van der Waals surface area contributed by atoms with Crippen LogP contribution in [0, 0.1) is 24.7 Å². The Bertz CT molecular complexity index is 1510. The van der Waals surface area contributed by atoms with Crippen LogP contribution in [-0.4, -0.2) is 36.0 Å². The van der Waals surface area contributed by atoms with E-state index >= 15 is 0 Å². The van der Waals surface area contributed by atoms with Gasteiger partial charge in [-0.05, 0) is 110 Å². The normalized spacial score (nSPS) is 20.0. The number of rotatable bonds is 5. The van der Waals surface area contributed by atoms with E-state index in [1.54, 1.807) is 0 Å². The van der Waals surface area contributed by atoms with Gasteiger partial charge in [0.05, 0.1) is 8.95 Å². The molecule has 0 fully saturated rings.